The lowest BCUT2D eigenvalue weighted by Gasteiger charge is -2.38. The summed E-state index contributed by atoms with van der Waals surface area (Å²) in [5.74, 6) is 2.19. The molecule has 22 nitrogen and oxygen atoms in total. The topological polar surface area (TPSA) is 307 Å². The molecule has 9 amide bonds. The smallest absolute Gasteiger partial charge is 0.404 e. The van der Waals surface area contributed by atoms with Crippen LogP contribution in [-0.2, 0) is 56.7 Å². The van der Waals surface area contributed by atoms with Crippen molar-refractivity contribution in [3.63, 3.8) is 0 Å². The zero-order valence-electron chi connectivity index (χ0n) is 44.6. The van der Waals surface area contributed by atoms with Crippen LogP contribution < -0.4 is 27.0 Å². The van der Waals surface area contributed by atoms with Crippen molar-refractivity contribution >= 4 is 82.4 Å². The number of carbonyl (C=O) groups is 9. The molecule has 0 spiro atoms. The van der Waals surface area contributed by atoms with E-state index in [2.05, 4.69) is 33.1 Å². The molecule has 5 aliphatic rings. The number of piperidine rings is 2. The molecule has 82 heavy (non-hydrogen) atoms. The van der Waals surface area contributed by atoms with Crippen LogP contribution in [0.1, 0.15) is 100 Å². The van der Waals surface area contributed by atoms with E-state index in [9.17, 15) is 66.3 Å². The molecule has 9 rings (SSSR count). The number of amides is 9. The summed E-state index contributed by atoms with van der Waals surface area (Å²) < 4.78 is 46.1. The molecule has 0 saturated carbocycles. The normalized spacial score (nSPS) is 21.5. The number of likely N-dealkylation sites (N-methyl/N-ethyl adjacent to an activating group) is 1. The van der Waals surface area contributed by atoms with Crippen LogP contribution in [0, 0.1) is 17.8 Å². The van der Waals surface area contributed by atoms with E-state index in [1.807, 2.05) is 11.0 Å². The average Bonchev–Trinajstić information content (AvgIpc) is 4.34. The van der Waals surface area contributed by atoms with Gasteiger partial charge in [0.1, 0.15) is 36.8 Å². The molecule has 26 heteroatoms. The Labute approximate surface area is 474 Å². The van der Waals surface area contributed by atoms with Crippen LogP contribution >= 0.6 is 18.9 Å². The van der Waals surface area contributed by atoms with Gasteiger partial charge in [-0.05, 0) is 111 Å². The van der Waals surface area contributed by atoms with Crippen LogP contribution in [0.15, 0.2) is 72.8 Å². The molecule has 0 bridgehead atoms. The number of rotatable bonds is 16. The van der Waals surface area contributed by atoms with Crippen LogP contribution in [0.3, 0.4) is 0 Å². The van der Waals surface area contributed by atoms with Crippen molar-refractivity contribution in [2.75, 3.05) is 39.8 Å². The summed E-state index contributed by atoms with van der Waals surface area (Å²) in [6.07, 6.45) is 2.83. The van der Waals surface area contributed by atoms with Gasteiger partial charge in [-0.25, -0.2) is 4.79 Å². The standard InChI is InChI=1S/C56H62F2N9O13PS/c1-64-23-22-37-15-16-44(67(37)54(75)41(30-64)61-51(72)46-28-35-27-36(14-18-45(35)82-46)56(57,58)81(77,78)79)50(71)62-42(31-80-55(59)76)48(69)60-40(26-33-9-3-2-4-10-33)53(74)65-24-20-32(21-25-65)8-5-6-11-34-12-7-13-38-39(34)29-66(52(38)73)43-17-19-47(68)63-49(43)70/h2-4,7,9-10,12-14,18,27-28,32,37,40-44H,5,8,15-17,19-26,29-31H2,1H3,(H2,59,76)(H,60,69)(H,61,72)(H,62,71)(H,63,68,70)(H2,77,78,79)/t37-,40+,41+,42+,43?,44+/m1/s1. The Morgan fingerprint density at radius 2 is 1.67 bits per heavy atom. The highest BCUT2D eigenvalue weighted by Crippen LogP contribution is 2.59. The van der Waals surface area contributed by atoms with Crippen LogP contribution in [0.4, 0.5) is 13.6 Å². The minimum atomic E-state index is -5.87. The number of benzene rings is 3. The summed E-state index contributed by atoms with van der Waals surface area (Å²) in [6, 6.07) is 12.2. The van der Waals surface area contributed by atoms with Crippen LogP contribution in [0.5, 0.6) is 0 Å². The van der Waals surface area contributed by atoms with Gasteiger partial charge in [0.2, 0.25) is 35.4 Å². The summed E-state index contributed by atoms with van der Waals surface area (Å²) in [7, 11) is -4.11. The number of likely N-dealkylation sites (tertiary alicyclic amines) is 1. The van der Waals surface area contributed by atoms with Crippen molar-refractivity contribution in [1.82, 2.24) is 40.9 Å². The molecule has 5 aliphatic heterocycles. The summed E-state index contributed by atoms with van der Waals surface area (Å²) in [6.45, 7) is 0.732. The molecule has 4 aromatic rings. The molecule has 1 unspecified atom stereocenters. The number of nitrogens with two attached hydrogens (primary N) is 1. The fourth-order valence-corrected chi connectivity index (χ4v) is 12.8. The van der Waals surface area contributed by atoms with Crippen molar-refractivity contribution in [1.29, 1.82) is 0 Å². The van der Waals surface area contributed by atoms with Gasteiger partial charge in [-0.15, -0.1) is 11.3 Å². The monoisotopic (exact) mass is 1170 g/mol. The van der Waals surface area contributed by atoms with Gasteiger partial charge in [-0.2, -0.15) is 8.78 Å². The van der Waals surface area contributed by atoms with Gasteiger partial charge in [-0.1, -0.05) is 54.3 Å². The van der Waals surface area contributed by atoms with E-state index < -0.39 is 97.3 Å². The van der Waals surface area contributed by atoms with Crippen molar-refractivity contribution in [3.05, 3.63) is 105 Å². The second-order valence-corrected chi connectivity index (χ2v) is 24.0. The van der Waals surface area contributed by atoms with Gasteiger partial charge in [0, 0.05) is 72.9 Å². The summed E-state index contributed by atoms with van der Waals surface area (Å²) in [5, 5.41) is 10.6. The minimum absolute atomic E-state index is 0.0174. The molecule has 434 valence electrons. The number of imide groups is 1. The molecule has 6 atom stereocenters. The van der Waals surface area contributed by atoms with Crippen molar-refractivity contribution < 1.29 is 71.0 Å². The largest absolute Gasteiger partial charge is 0.447 e. The summed E-state index contributed by atoms with van der Waals surface area (Å²) >= 11 is 0.911. The fraction of sp³-hybridized carbons (Fsp3) is 0.446. The van der Waals surface area contributed by atoms with Crippen LogP contribution in [0.2, 0.25) is 0 Å². The maximum Gasteiger partial charge on any atom is 0.404 e. The molecular formula is C56H62F2N9O13PS. The first-order chi connectivity index (χ1) is 39.1. The lowest BCUT2D eigenvalue weighted by atomic mass is 9.91. The number of hydrogen-bond acceptors (Lipinski definition) is 13. The third-order valence-corrected chi connectivity index (χ3v) is 17.9. The molecule has 6 heterocycles. The van der Waals surface area contributed by atoms with Crippen LogP contribution in [0.25, 0.3) is 10.1 Å². The number of fused-ring (bicyclic) bond motifs is 3. The number of ether oxygens (including phenoxy) is 1. The molecule has 8 N–H and O–H groups in total. The minimum Gasteiger partial charge on any atom is -0.447 e. The number of hydrogen-bond donors (Lipinski definition) is 7. The lowest BCUT2D eigenvalue weighted by Crippen LogP contribution is -2.62. The Balaban J connectivity index is 0.833. The first-order valence-corrected chi connectivity index (χ1v) is 29.4. The van der Waals surface area contributed by atoms with Crippen molar-refractivity contribution in [2.24, 2.45) is 11.7 Å². The molecule has 0 aliphatic carbocycles. The Morgan fingerprint density at radius 1 is 0.915 bits per heavy atom. The SMILES string of the molecule is CN1CC[C@H]2CC[C@@H](C(=O)N[C@@H](COC(N)=O)C(=O)N[C@@H](Cc3ccccc3)C(=O)N3CCC(CCC#Cc4cccc5c4CN(C4CCC(=O)NC4=O)C5=O)CC3)N2C(=O)[C@@H](NC(=O)c2cc3cc(C(F)(F)P(=O)(O)O)ccc3s2)C1. The van der Waals surface area contributed by atoms with Crippen molar-refractivity contribution in [2.45, 2.75) is 113 Å². The predicted octanol–water partition coefficient (Wildman–Crippen LogP) is 3.06. The van der Waals surface area contributed by atoms with Gasteiger partial charge in [0.25, 0.3) is 11.8 Å². The average molecular weight is 1170 g/mol. The molecule has 0 radical (unpaired) electrons. The summed E-state index contributed by atoms with van der Waals surface area (Å²) in [5.41, 5.74) is 2.54. The number of primary amides is 1. The molecule has 1 aromatic heterocycles. The highest BCUT2D eigenvalue weighted by Gasteiger charge is 2.51. The number of halogens is 2. The Morgan fingerprint density at radius 3 is 2.39 bits per heavy atom. The van der Waals surface area contributed by atoms with E-state index in [1.165, 1.54) is 21.9 Å². The number of alkyl halides is 2. The second-order valence-electron chi connectivity index (χ2n) is 21.3. The highest BCUT2D eigenvalue weighted by molar-refractivity contribution is 7.52. The lowest BCUT2D eigenvalue weighted by molar-refractivity contribution is -0.144. The van der Waals surface area contributed by atoms with E-state index in [1.54, 1.807) is 54.4 Å². The van der Waals surface area contributed by atoms with Crippen LogP contribution in [-0.4, -0.2) is 159 Å². The summed E-state index contributed by atoms with van der Waals surface area (Å²) in [4.78, 5) is 146. The molecular weight excluding hydrogens is 1110 g/mol. The molecule has 3 aromatic carbocycles. The van der Waals surface area contributed by atoms with Gasteiger partial charge in [0.15, 0.2) is 0 Å². The Kier molecular flexibility index (Phi) is 17.9. The quantitative estimate of drug-likeness (QED) is 0.0482. The fourth-order valence-electron chi connectivity index (χ4n) is 11.4. The third kappa shape index (κ3) is 13.2. The van der Waals surface area contributed by atoms with Gasteiger partial charge in [0.05, 0.1) is 4.88 Å². The van der Waals surface area contributed by atoms with E-state index in [0.29, 0.717) is 67.6 Å². The zero-order valence-corrected chi connectivity index (χ0v) is 46.4. The number of thiophene rings is 1. The predicted molar refractivity (Wildman–Crippen MR) is 292 cm³/mol. The number of carbonyl (C=O) groups excluding carboxylic acids is 9. The maximum absolute atomic E-state index is 14.6. The Hall–Kier alpha value is -7.62. The van der Waals surface area contributed by atoms with E-state index in [0.717, 1.165) is 41.0 Å². The maximum atomic E-state index is 14.6. The first kappa shape index (κ1) is 59.0. The molecule has 4 saturated heterocycles. The van der Waals surface area contributed by atoms with Gasteiger partial charge in [-0.3, -0.25) is 48.2 Å². The van der Waals surface area contributed by atoms with Gasteiger partial charge >= 0.3 is 19.4 Å². The zero-order chi connectivity index (χ0) is 58.6. The Bertz CT molecular complexity index is 3310. The van der Waals surface area contributed by atoms with E-state index in [-0.39, 0.29) is 72.7 Å². The van der Waals surface area contributed by atoms with E-state index >= 15 is 0 Å². The molecule has 4 fully saturated rings. The highest BCUT2D eigenvalue weighted by atomic mass is 32.1. The second kappa shape index (κ2) is 24.8. The first-order valence-electron chi connectivity index (χ1n) is 27.0. The number of nitrogens with one attached hydrogen (secondary N) is 4. The van der Waals surface area contributed by atoms with E-state index in [4.69, 9.17) is 10.5 Å². The van der Waals surface area contributed by atoms with Gasteiger partial charge < -0.3 is 55.8 Å². The number of nitrogens with zero attached hydrogens (tertiary/aromatic N) is 4. The third-order valence-electron chi connectivity index (χ3n) is 15.8. The van der Waals surface area contributed by atoms with Crippen molar-refractivity contribution in [3.8, 4) is 11.8 Å².